The zero-order chi connectivity index (χ0) is 10.6. The molecule has 1 aromatic rings. The summed E-state index contributed by atoms with van der Waals surface area (Å²) in [6.07, 6.45) is 5.87. The lowest BCUT2D eigenvalue weighted by molar-refractivity contribution is -0.116. The van der Waals surface area contributed by atoms with E-state index in [1.807, 2.05) is 13.8 Å². The minimum atomic E-state index is -0.0736. The van der Waals surface area contributed by atoms with Gasteiger partial charge in [-0.1, -0.05) is 0 Å². The Hall–Kier alpha value is -1.76. The van der Waals surface area contributed by atoms with Gasteiger partial charge in [-0.2, -0.15) is 5.10 Å². The molecule has 0 aliphatic rings. The monoisotopic (exact) mass is 191 g/mol. The van der Waals surface area contributed by atoms with Crippen LogP contribution in [-0.2, 0) is 4.79 Å². The Kier molecular flexibility index (Phi) is 3.29. The highest BCUT2D eigenvalue weighted by atomic mass is 16.1. The second-order valence-corrected chi connectivity index (χ2v) is 3.06. The zero-order valence-corrected chi connectivity index (χ0v) is 8.35. The first kappa shape index (κ1) is 10.3. The summed E-state index contributed by atoms with van der Waals surface area (Å²) < 4.78 is 0. The number of nitrogens with one attached hydrogen (secondary N) is 2. The molecule has 0 unspecified atom stereocenters. The highest BCUT2D eigenvalue weighted by Gasteiger charge is 2.08. The Labute approximate surface area is 83.1 Å². The number of anilines is 1. The molecule has 1 heterocycles. The van der Waals surface area contributed by atoms with Gasteiger partial charge in [0.05, 0.1) is 17.1 Å². The number of hydrogen-bond donors (Lipinski definition) is 2. The lowest BCUT2D eigenvalue weighted by Crippen LogP contribution is -2.11. The van der Waals surface area contributed by atoms with Gasteiger partial charge in [0.1, 0.15) is 0 Å². The van der Waals surface area contributed by atoms with Crippen LogP contribution in [0.1, 0.15) is 24.2 Å². The summed E-state index contributed by atoms with van der Waals surface area (Å²) in [5.74, 6) is 2.35. The van der Waals surface area contributed by atoms with Crippen LogP contribution in [-0.4, -0.2) is 16.1 Å². The van der Waals surface area contributed by atoms with Gasteiger partial charge in [0.25, 0.3) is 0 Å². The van der Waals surface area contributed by atoms with Crippen LogP contribution in [0.25, 0.3) is 0 Å². The molecule has 0 radical (unpaired) electrons. The summed E-state index contributed by atoms with van der Waals surface area (Å²) in [5, 5.41) is 9.53. The number of hydrogen-bond acceptors (Lipinski definition) is 2. The minimum Gasteiger partial charge on any atom is -0.323 e. The minimum absolute atomic E-state index is 0.0736. The van der Waals surface area contributed by atoms with Crippen molar-refractivity contribution >= 4 is 11.6 Å². The number of aryl methyl sites for hydroxylation is 2. The van der Waals surface area contributed by atoms with E-state index in [9.17, 15) is 4.79 Å². The number of rotatable bonds is 3. The molecule has 1 amide bonds. The summed E-state index contributed by atoms with van der Waals surface area (Å²) in [4.78, 5) is 11.3. The normalized spacial score (nSPS) is 9.50. The lowest BCUT2D eigenvalue weighted by Gasteiger charge is -2.02. The molecule has 1 rings (SSSR count). The molecule has 0 spiro atoms. The predicted molar refractivity (Wildman–Crippen MR) is 54.8 cm³/mol. The van der Waals surface area contributed by atoms with Crippen LogP contribution < -0.4 is 5.32 Å². The summed E-state index contributed by atoms with van der Waals surface area (Å²) >= 11 is 0. The topological polar surface area (TPSA) is 57.8 Å². The third-order valence-corrected chi connectivity index (χ3v) is 1.89. The molecule has 74 valence electrons. The average molecular weight is 191 g/mol. The molecule has 4 nitrogen and oxygen atoms in total. The Morgan fingerprint density at radius 2 is 2.36 bits per heavy atom. The van der Waals surface area contributed by atoms with Gasteiger partial charge in [-0.05, 0) is 13.8 Å². The standard InChI is InChI=1S/C10H13N3O/c1-4-5-6-9(14)11-10-7(2)12-13-8(10)3/h1H,5-6H2,2-3H3,(H,11,14)(H,12,13). The number of amides is 1. The van der Waals surface area contributed by atoms with Crippen LogP contribution in [0.5, 0.6) is 0 Å². The van der Waals surface area contributed by atoms with Gasteiger partial charge in [0, 0.05) is 12.8 Å². The van der Waals surface area contributed by atoms with Crippen molar-refractivity contribution in [3.05, 3.63) is 11.4 Å². The third-order valence-electron chi connectivity index (χ3n) is 1.89. The van der Waals surface area contributed by atoms with Gasteiger partial charge in [0.15, 0.2) is 0 Å². The maximum atomic E-state index is 11.3. The Morgan fingerprint density at radius 1 is 1.64 bits per heavy atom. The molecular formula is C10H13N3O. The van der Waals surface area contributed by atoms with Gasteiger partial charge in [-0.3, -0.25) is 9.89 Å². The fraction of sp³-hybridized carbons (Fsp3) is 0.400. The molecule has 0 aliphatic heterocycles. The van der Waals surface area contributed by atoms with Crippen molar-refractivity contribution in [2.45, 2.75) is 26.7 Å². The van der Waals surface area contributed by atoms with Crippen molar-refractivity contribution in [3.63, 3.8) is 0 Å². The van der Waals surface area contributed by atoms with Crippen LogP contribution in [0.3, 0.4) is 0 Å². The highest BCUT2D eigenvalue weighted by molar-refractivity contribution is 5.91. The zero-order valence-electron chi connectivity index (χ0n) is 8.35. The molecule has 0 aromatic carbocycles. The van der Waals surface area contributed by atoms with E-state index in [1.165, 1.54) is 0 Å². The first-order valence-electron chi connectivity index (χ1n) is 4.40. The van der Waals surface area contributed by atoms with Crippen molar-refractivity contribution in [1.29, 1.82) is 0 Å². The SMILES string of the molecule is C#CCCC(=O)Nc1c(C)n[nH]c1C. The number of aromatic amines is 1. The fourth-order valence-corrected chi connectivity index (χ4v) is 1.12. The van der Waals surface area contributed by atoms with E-state index >= 15 is 0 Å². The van der Waals surface area contributed by atoms with Crippen LogP contribution in [0.2, 0.25) is 0 Å². The Morgan fingerprint density at radius 3 is 2.86 bits per heavy atom. The van der Waals surface area contributed by atoms with Crippen molar-refractivity contribution in [2.24, 2.45) is 0 Å². The van der Waals surface area contributed by atoms with E-state index < -0.39 is 0 Å². The van der Waals surface area contributed by atoms with E-state index in [2.05, 4.69) is 21.4 Å². The number of nitrogens with zero attached hydrogens (tertiary/aromatic N) is 1. The first-order chi connectivity index (χ1) is 6.65. The third kappa shape index (κ3) is 2.36. The second-order valence-electron chi connectivity index (χ2n) is 3.06. The molecule has 0 saturated heterocycles. The van der Waals surface area contributed by atoms with E-state index in [4.69, 9.17) is 6.42 Å². The van der Waals surface area contributed by atoms with Gasteiger partial charge in [-0.25, -0.2) is 0 Å². The molecule has 1 aromatic heterocycles. The predicted octanol–water partition coefficient (Wildman–Crippen LogP) is 1.38. The van der Waals surface area contributed by atoms with Crippen LogP contribution >= 0.6 is 0 Å². The largest absolute Gasteiger partial charge is 0.323 e. The first-order valence-corrected chi connectivity index (χ1v) is 4.40. The van der Waals surface area contributed by atoms with Crippen molar-refractivity contribution < 1.29 is 4.79 Å². The smallest absolute Gasteiger partial charge is 0.225 e. The van der Waals surface area contributed by atoms with E-state index in [0.29, 0.717) is 12.8 Å². The molecule has 4 heteroatoms. The van der Waals surface area contributed by atoms with Crippen LogP contribution in [0.4, 0.5) is 5.69 Å². The van der Waals surface area contributed by atoms with E-state index in [-0.39, 0.29) is 5.91 Å². The number of carbonyl (C=O) groups is 1. The quantitative estimate of drug-likeness (QED) is 0.709. The molecule has 0 atom stereocenters. The fourth-order valence-electron chi connectivity index (χ4n) is 1.12. The van der Waals surface area contributed by atoms with Crippen LogP contribution in [0.15, 0.2) is 0 Å². The summed E-state index contributed by atoms with van der Waals surface area (Å²) in [6.45, 7) is 3.69. The summed E-state index contributed by atoms with van der Waals surface area (Å²) in [5.41, 5.74) is 2.40. The summed E-state index contributed by atoms with van der Waals surface area (Å²) in [6, 6.07) is 0. The second kappa shape index (κ2) is 4.47. The van der Waals surface area contributed by atoms with E-state index in [0.717, 1.165) is 17.1 Å². The molecule has 2 N–H and O–H groups in total. The van der Waals surface area contributed by atoms with Gasteiger partial charge in [-0.15, -0.1) is 12.3 Å². The van der Waals surface area contributed by atoms with Gasteiger partial charge < -0.3 is 5.32 Å². The molecule has 0 fully saturated rings. The van der Waals surface area contributed by atoms with Crippen molar-refractivity contribution in [2.75, 3.05) is 5.32 Å². The van der Waals surface area contributed by atoms with Gasteiger partial charge in [0.2, 0.25) is 5.91 Å². The molecule has 0 aliphatic carbocycles. The molecular weight excluding hydrogens is 178 g/mol. The maximum Gasteiger partial charge on any atom is 0.225 e. The molecule has 0 bridgehead atoms. The van der Waals surface area contributed by atoms with Crippen molar-refractivity contribution in [3.8, 4) is 12.3 Å². The molecule has 0 saturated carbocycles. The molecule has 14 heavy (non-hydrogen) atoms. The Balaban J connectivity index is 2.61. The van der Waals surface area contributed by atoms with Crippen molar-refractivity contribution in [1.82, 2.24) is 10.2 Å². The number of terminal acetylenes is 1. The van der Waals surface area contributed by atoms with E-state index in [1.54, 1.807) is 0 Å². The number of carbonyl (C=O) groups excluding carboxylic acids is 1. The summed E-state index contributed by atoms with van der Waals surface area (Å²) in [7, 11) is 0. The maximum absolute atomic E-state index is 11.3. The van der Waals surface area contributed by atoms with Gasteiger partial charge >= 0.3 is 0 Å². The average Bonchev–Trinajstić information content (AvgIpc) is 2.46. The Bertz CT molecular complexity index is 354. The number of aromatic nitrogens is 2. The number of H-pyrrole nitrogens is 1. The highest BCUT2D eigenvalue weighted by Crippen LogP contribution is 2.16. The lowest BCUT2D eigenvalue weighted by atomic mass is 10.2. The van der Waals surface area contributed by atoms with Crippen LogP contribution in [0, 0.1) is 26.2 Å².